The van der Waals surface area contributed by atoms with Crippen LogP contribution in [-0.2, 0) is 16.0 Å². The zero-order chi connectivity index (χ0) is 27.4. The number of ether oxygens (including phenoxy) is 1. The van der Waals surface area contributed by atoms with Gasteiger partial charge in [-0.25, -0.2) is 0 Å². The number of carbonyl (C=O) groups excluding carboxylic acids is 1. The number of carboxylic acid groups (broad SMARTS) is 1. The van der Waals surface area contributed by atoms with Crippen LogP contribution >= 0.6 is 23.9 Å². The van der Waals surface area contributed by atoms with E-state index >= 15 is 0 Å². The molecule has 0 aromatic heterocycles. The fourth-order valence-electron chi connectivity index (χ4n) is 5.09. The number of rotatable bonds is 10. The number of aryl methyl sites for hydroxylation is 3. The summed E-state index contributed by atoms with van der Waals surface area (Å²) in [6.45, 7) is 6.65. The molecule has 1 heterocycles. The van der Waals surface area contributed by atoms with E-state index in [2.05, 4.69) is 42.5 Å². The van der Waals surface area contributed by atoms with E-state index in [4.69, 9.17) is 4.74 Å². The number of carboxylic acids is 1. The van der Waals surface area contributed by atoms with Gasteiger partial charge in [0.15, 0.2) is 0 Å². The number of hydrogen-bond donors (Lipinski definition) is 2. The summed E-state index contributed by atoms with van der Waals surface area (Å²) < 4.78 is 10.2. The Bertz CT molecular complexity index is 1320. The first-order valence-corrected chi connectivity index (χ1v) is 14.3. The Morgan fingerprint density at radius 3 is 2.47 bits per heavy atom. The highest BCUT2D eigenvalue weighted by Crippen LogP contribution is 2.43. The normalized spacial score (nSPS) is 13.1. The fourth-order valence-corrected chi connectivity index (χ4v) is 6.48. The number of methoxy groups -OCH3 is 1. The lowest BCUT2D eigenvalue weighted by atomic mass is 10.0. The molecule has 0 saturated heterocycles. The Kier molecular flexibility index (Phi) is 8.79. The number of nitrogens with zero attached hydrogens (tertiary/aromatic N) is 2. The maximum absolute atomic E-state index is 13.3. The van der Waals surface area contributed by atoms with Crippen molar-refractivity contribution < 1.29 is 19.4 Å². The number of benzene rings is 3. The van der Waals surface area contributed by atoms with Crippen molar-refractivity contribution in [2.45, 2.75) is 38.1 Å². The zero-order valence-electron chi connectivity index (χ0n) is 22.3. The van der Waals surface area contributed by atoms with Gasteiger partial charge in [0.25, 0.3) is 5.91 Å². The van der Waals surface area contributed by atoms with E-state index in [0.717, 1.165) is 38.5 Å². The van der Waals surface area contributed by atoms with Crippen LogP contribution in [0.4, 0.5) is 11.4 Å². The van der Waals surface area contributed by atoms with Crippen molar-refractivity contribution in [1.29, 1.82) is 0 Å². The molecule has 3 aromatic rings. The average molecular weight is 552 g/mol. The maximum atomic E-state index is 13.3. The quantitative estimate of drug-likeness (QED) is 0.310. The molecule has 0 spiro atoms. The molecule has 3 aromatic carbocycles. The molecule has 1 aliphatic heterocycles. The number of fused-ring (bicyclic) bond motifs is 1. The first-order chi connectivity index (χ1) is 18.2. The molecule has 1 unspecified atom stereocenters. The van der Waals surface area contributed by atoms with Gasteiger partial charge in [-0.2, -0.15) is 0 Å². The molecule has 7 nitrogen and oxygen atoms in total. The van der Waals surface area contributed by atoms with E-state index in [1.165, 1.54) is 29.5 Å². The number of nitrogens with one attached hydrogen (secondary N) is 1. The highest BCUT2D eigenvalue weighted by atomic mass is 32.2. The van der Waals surface area contributed by atoms with Gasteiger partial charge in [-0.3, -0.25) is 14.3 Å². The van der Waals surface area contributed by atoms with Crippen molar-refractivity contribution in [1.82, 2.24) is 4.72 Å². The maximum Gasteiger partial charge on any atom is 0.324 e. The van der Waals surface area contributed by atoms with Gasteiger partial charge in [0.1, 0.15) is 18.3 Å². The van der Waals surface area contributed by atoms with Crippen LogP contribution in [0.25, 0.3) is 0 Å². The predicted octanol–water partition coefficient (Wildman–Crippen LogP) is 5.72. The predicted molar refractivity (Wildman–Crippen MR) is 156 cm³/mol. The van der Waals surface area contributed by atoms with Gasteiger partial charge in [-0.15, -0.1) is 0 Å². The van der Waals surface area contributed by atoms with Gasteiger partial charge in [-0.1, -0.05) is 47.8 Å². The van der Waals surface area contributed by atoms with Gasteiger partial charge in [0, 0.05) is 28.9 Å². The minimum absolute atomic E-state index is 0.119. The van der Waals surface area contributed by atoms with Crippen LogP contribution in [-0.4, -0.2) is 43.4 Å². The summed E-state index contributed by atoms with van der Waals surface area (Å²) in [6, 6.07) is 17.2. The molecule has 0 bridgehead atoms. The second-order valence-corrected chi connectivity index (χ2v) is 11.0. The number of carbonyl (C=O) groups is 2. The number of amides is 1. The van der Waals surface area contributed by atoms with Crippen LogP contribution in [0.15, 0.2) is 59.5 Å². The molecule has 200 valence electrons. The number of anilines is 2. The summed E-state index contributed by atoms with van der Waals surface area (Å²) >= 11 is 2.73. The van der Waals surface area contributed by atoms with Crippen molar-refractivity contribution in [3.05, 3.63) is 82.4 Å². The highest BCUT2D eigenvalue weighted by molar-refractivity contribution is 8.00. The Balaban J connectivity index is 1.76. The summed E-state index contributed by atoms with van der Waals surface area (Å²) in [6.07, 6.45) is 2.52. The van der Waals surface area contributed by atoms with Gasteiger partial charge >= 0.3 is 5.97 Å². The topological polar surface area (TPSA) is 82.1 Å². The van der Waals surface area contributed by atoms with Crippen molar-refractivity contribution >= 4 is 47.1 Å². The molecule has 1 amide bonds. The van der Waals surface area contributed by atoms with Crippen molar-refractivity contribution in [3.8, 4) is 5.75 Å². The minimum atomic E-state index is -0.902. The first-order valence-electron chi connectivity index (χ1n) is 12.3. The molecule has 38 heavy (non-hydrogen) atoms. The SMILES string of the molecule is COc1cccc(C(C(=O)NSC)N2CCc3c(N(CC(=O)O)Sc4c(C)cc(C)cc4C)cccc32)c1. The second-order valence-electron chi connectivity index (χ2n) is 9.32. The average Bonchev–Trinajstić information content (AvgIpc) is 3.29. The van der Waals surface area contributed by atoms with Crippen molar-refractivity contribution in [3.63, 3.8) is 0 Å². The number of hydrogen-bond acceptors (Lipinski definition) is 7. The Morgan fingerprint density at radius 1 is 1.11 bits per heavy atom. The Morgan fingerprint density at radius 2 is 1.82 bits per heavy atom. The van der Waals surface area contributed by atoms with E-state index in [1.807, 2.05) is 53.0 Å². The lowest BCUT2D eigenvalue weighted by molar-refractivity contribution is -0.135. The molecule has 9 heteroatoms. The standard InChI is InChI=1S/C29H33N3O4S2/c1-18-14-19(2)28(20(3)15-18)38-32(17-26(33)34)25-11-7-10-24-23(25)12-13-31(24)27(29(35)30-37-5)21-8-6-9-22(16-21)36-4/h6-11,14-16,27H,12-13,17H2,1-5H3,(H,30,35)(H,33,34). The summed E-state index contributed by atoms with van der Waals surface area (Å²) in [5.41, 5.74) is 7.06. The van der Waals surface area contributed by atoms with E-state index in [1.54, 1.807) is 7.11 Å². The Hall–Kier alpha value is -3.30. The molecular formula is C29H33N3O4S2. The van der Waals surface area contributed by atoms with E-state index in [9.17, 15) is 14.7 Å². The monoisotopic (exact) mass is 551 g/mol. The lowest BCUT2D eigenvalue weighted by Crippen LogP contribution is -2.37. The van der Waals surface area contributed by atoms with Gasteiger partial charge in [0.2, 0.25) is 0 Å². The third-order valence-corrected chi connectivity index (χ3v) is 8.34. The van der Waals surface area contributed by atoms with Crippen molar-refractivity contribution in [2.75, 3.05) is 35.7 Å². The third kappa shape index (κ3) is 5.89. The van der Waals surface area contributed by atoms with Crippen molar-refractivity contribution in [2.24, 2.45) is 0 Å². The summed E-state index contributed by atoms with van der Waals surface area (Å²) in [4.78, 5) is 28.4. The van der Waals surface area contributed by atoms with Crippen LogP contribution in [0, 0.1) is 20.8 Å². The molecule has 0 radical (unpaired) electrons. The van der Waals surface area contributed by atoms with Crippen LogP contribution in [0.3, 0.4) is 0 Å². The fraction of sp³-hybridized carbons (Fsp3) is 0.310. The van der Waals surface area contributed by atoms with Gasteiger partial charge in [0.05, 0.1) is 12.8 Å². The summed E-state index contributed by atoms with van der Waals surface area (Å²) in [7, 11) is 1.61. The molecule has 0 aliphatic carbocycles. The van der Waals surface area contributed by atoms with E-state index in [-0.39, 0.29) is 12.5 Å². The molecule has 0 fully saturated rings. The molecule has 1 atom stereocenters. The van der Waals surface area contributed by atoms with E-state index < -0.39 is 12.0 Å². The zero-order valence-corrected chi connectivity index (χ0v) is 23.9. The first kappa shape index (κ1) is 27.7. The third-order valence-electron chi connectivity index (χ3n) is 6.56. The van der Waals surface area contributed by atoms with Gasteiger partial charge < -0.3 is 19.0 Å². The highest BCUT2D eigenvalue weighted by Gasteiger charge is 2.34. The number of aliphatic carboxylic acids is 1. The Labute approximate surface area is 232 Å². The van der Waals surface area contributed by atoms with Crippen LogP contribution < -0.4 is 18.7 Å². The van der Waals surface area contributed by atoms with Crippen LogP contribution in [0.2, 0.25) is 0 Å². The molecule has 4 rings (SSSR count). The molecule has 1 aliphatic rings. The largest absolute Gasteiger partial charge is 0.497 e. The lowest BCUT2D eigenvalue weighted by Gasteiger charge is -2.30. The van der Waals surface area contributed by atoms with Gasteiger partial charge in [-0.05, 0) is 80.1 Å². The van der Waals surface area contributed by atoms with Crippen LogP contribution in [0.1, 0.15) is 33.9 Å². The summed E-state index contributed by atoms with van der Waals surface area (Å²) in [5, 5.41) is 9.79. The molecule has 0 saturated carbocycles. The molecular weight excluding hydrogens is 518 g/mol. The van der Waals surface area contributed by atoms with Crippen LogP contribution in [0.5, 0.6) is 5.75 Å². The molecule has 2 N–H and O–H groups in total. The van der Waals surface area contributed by atoms with E-state index in [0.29, 0.717) is 18.7 Å². The smallest absolute Gasteiger partial charge is 0.324 e. The minimum Gasteiger partial charge on any atom is -0.497 e. The summed E-state index contributed by atoms with van der Waals surface area (Å²) in [5.74, 6) is -0.335. The second kappa shape index (κ2) is 12.0.